The van der Waals surface area contributed by atoms with Crippen LogP contribution in [0.1, 0.15) is 32.8 Å². The summed E-state index contributed by atoms with van der Waals surface area (Å²) >= 11 is 5.68. The highest BCUT2D eigenvalue weighted by atomic mass is 32.2. The zero-order chi connectivity index (χ0) is 32.3. The standard InChI is InChI=1S/C28H42N6O7S2/c1-14(2)22(33-24(36)18(29)9-10-43-4)27(39)31-20(11-16-12-30-19-8-6-5-7-17(16)19)25(37)32-21(13-42)26(38)34-23(15(3)35)28(40)41/h5-8,12,14-15,18,20-23,30,35,42H,9-11,13,29H2,1-4H3,(H,31,39)(H,32,37)(H,33,36)(H,34,38)(H,40,41)/t15-,18+,20+,21+,22+,23+/m1/s1. The van der Waals surface area contributed by atoms with Gasteiger partial charge in [-0.1, -0.05) is 32.0 Å². The molecule has 1 aromatic heterocycles. The van der Waals surface area contributed by atoms with Crippen molar-refractivity contribution in [3.05, 3.63) is 36.0 Å². The van der Waals surface area contributed by atoms with Gasteiger partial charge >= 0.3 is 5.97 Å². The zero-order valence-corrected chi connectivity index (χ0v) is 26.3. The average Bonchev–Trinajstić information content (AvgIpc) is 3.37. The van der Waals surface area contributed by atoms with Crippen LogP contribution >= 0.6 is 24.4 Å². The highest BCUT2D eigenvalue weighted by Gasteiger charge is 2.33. The summed E-state index contributed by atoms with van der Waals surface area (Å²) in [5, 5.41) is 30.0. The minimum absolute atomic E-state index is 0.0277. The number of benzene rings is 1. The third-order valence-electron chi connectivity index (χ3n) is 6.81. The number of nitrogens with two attached hydrogens (primary N) is 1. The van der Waals surface area contributed by atoms with Crippen molar-refractivity contribution in [3.8, 4) is 0 Å². The van der Waals surface area contributed by atoms with Gasteiger partial charge in [-0.15, -0.1) is 0 Å². The molecular formula is C28H42N6O7S2. The molecule has 4 amide bonds. The Balaban J connectivity index is 2.31. The number of hydrogen-bond donors (Lipinski definition) is 9. The van der Waals surface area contributed by atoms with E-state index in [9.17, 15) is 34.2 Å². The second-order valence-electron chi connectivity index (χ2n) is 10.6. The number of thioether (sulfide) groups is 1. The molecule has 43 heavy (non-hydrogen) atoms. The van der Waals surface area contributed by atoms with Crippen molar-refractivity contribution >= 4 is 64.9 Å². The number of aromatic amines is 1. The molecular weight excluding hydrogens is 596 g/mol. The number of aliphatic carboxylic acids is 1. The van der Waals surface area contributed by atoms with E-state index in [0.717, 1.165) is 10.9 Å². The first-order valence-electron chi connectivity index (χ1n) is 13.8. The molecule has 0 fully saturated rings. The van der Waals surface area contributed by atoms with Crippen molar-refractivity contribution in [2.75, 3.05) is 17.8 Å². The number of carbonyl (C=O) groups excluding carboxylic acids is 4. The molecule has 0 radical (unpaired) electrons. The number of fused-ring (bicyclic) bond motifs is 1. The van der Waals surface area contributed by atoms with Crippen LogP contribution in [0.15, 0.2) is 30.5 Å². The number of carboxylic acids is 1. The van der Waals surface area contributed by atoms with E-state index < -0.39 is 65.9 Å². The summed E-state index contributed by atoms with van der Waals surface area (Å²) in [6, 6.07) is 1.51. The summed E-state index contributed by atoms with van der Waals surface area (Å²) in [5.74, 6) is -4.04. The molecule has 0 aliphatic heterocycles. The van der Waals surface area contributed by atoms with E-state index in [0.29, 0.717) is 17.7 Å². The van der Waals surface area contributed by atoms with Gasteiger partial charge < -0.3 is 42.2 Å². The molecule has 2 rings (SSSR count). The maximum absolute atomic E-state index is 13.6. The Bertz CT molecular complexity index is 1270. The summed E-state index contributed by atoms with van der Waals surface area (Å²) in [6.07, 6.45) is 2.67. The lowest BCUT2D eigenvalue weighted by atomic mass is 10.00. The number of carboxylic acid groups (broad SMARTS) is 1. The maximum Gasteiger partial charge on any atom is 0.328 e. The topological polar surface area (TPSA) is 216 Å². The predicted octanol–water partition coefficient (Wildman–Crippen LogP) is -0.219. The zero-order valence-electron chi connectivity index (χ0n) is 24.6. The van der Waals surface area contributed by atoms with Gasteiger partial charge in [-0.25, -0.2) is 4.79 Å². The Morgan fingerprint density at radius 2 is 1.53 bits per heavy atom. The van der Waals surface area contributed by atoms with E-state index in [-0.39, 0.29) is 18.1 Å². The van der Waals surface area contributed by atoms with Crippen LogP contribution in [0.25, 0.3) is 10.9 Å². The molecule has 9 N–H and O–H groups in total. The quantitative estimate of drug-likeness (QED) is 0.105. The molecule has 0 aliphatic rings. The van der Waals surface area contributed by atoms with Gasteiger partial charge in [-0.2, -0.15) is 24.4 Å². The number of aromatic nitrogens is 1. The van der Waals surface area contributed by atoms with E-state index in [2.05, 4.69) is 38.9 Å². The Morgan fingerprint density at radius 3 is 2.12 bits per heavy atom. The van der Waals surface area contributed by atoms with Gasteiger partial charge in [0.1, 0.15) is 18.1 Å². The Morgan fingerprint density at radius 1 is 0.930 bits per heavy atom. The lowest BCUT2D eigenvalue weighted by Gasteiger charge is -2.27. The van der Waals surface area contributed by atoms with Crippen molar-refractivity contribution < 1.29 is 34.2 Å². The van der Waals surface area contributed by atoms with Gasteiger partial charge in [0.2, 0.25) is 23.6 Å². The number of hydrogen-bond acceptors (Lipinski definition) is 9. The van der Waals surface area contributed by atoms with Gasteiger partial charge in [0, 0.05) is 29.3 Å². The molecule has 0 spiro atoms. The highest BCUT2D eigenvalue weighted by Crippen LogP contribution is 2.19. The van der Waals surface area contributed by atoms with Gasteiger partial charge in [0.25, 0.3) is 0 Å². The second-order valence-corrected chi connectivity index (χ2v) is 11.9. The van der Waals surface area contributed by atoms with Crippen LogP contribution in [0.3, 0.4) is 0 Å². The summed E-state index contributed by atoms with van der Waals surface area (Å²) in [4.78, 5) is 67.2. The number of amides is 4. The van der Waals surface area contributed by atoms with E-state index in [1.165, 1.54) is 6.92 Å². The number of H-pyrrole nitrogens is 1. The first-order chi connectivity index (χ1) is 20.3. The minimum atomic E-state index is -1.61. The van der Waals surface area contributed by atoms with Crippen LogP contribution in [0.2, 0.25) is 0 Å². The van der Waals surface area contributed by atoms with Crippen molar-refractivity contribution in [2.45, 2.75) is 69.9 Å². The Labute approximate surface area is 260 Å². The molecule has 0 aliphatic carbocycles. The van der Waals surface area contributed by atoms with Crippen LogP contribution in [-0.4, -0.2) is 98.9 Å². The molecule has 0 unspecified atom stereocenters. The number of nitrogens with one attached hydrogen (secondary N) is 5. The number of aliphatic hydroxyl groups is 1. The maximum atomic E-state index is 13.6. The summed E-state index contributed by atoms with van der Waals surface area (Å²) < 4.78 is 0. The smallest absolute Gasteiger partial charge is 0.328 e. The first-order valence-corrected chi connectivity index (χ1v) is 15.9. The Hall–Kier alpha value is -3.27. The van der Waals surface area contributed by atoms with Crippen LogP contribution in [-0.2, 0) is 30.4 Å². The van der Waals surface area contributed by atoms with Gasteiger partial charge in [-0.3, -0.25) is 19.2 Å². The summed E-state index contributed by atoms with van der Waals surface area (Å²) in [7, 11) is 0. The minimum Gasteiger partial charge on any atom is -0.480 e. The molecule has 0 saturated heterocycles. The first kappa shape index (κ1) is 35.9. The molecule has 238 valence electrons. The fourth-order valence-corrected chi connectivity index (χ4v) is 5.02. The second kappa shape index (κ2) is 17.1. The number of aliphatic hydroxyl groups excluding tert-OH is 1. The fourth-order valence-electron chi connectivity index (χ4n) is 4.27. The van der Waals surface area contributed by atoms with Crippen molar-refractivity contribution in [1.29, 1.82) is 0 Å². The van der Waals surface area contributed by atoms with E-state index in [4.69, 9.17) is 5.73 Å². The third kappa shape index (κ3) is 10.4. The normalized spacial score (nSPS) is 15.5. The fraction of sp³-hybridized carbons (Fsp3) is 0.536. The number of para-hydroxylation sites is 1. The van der Waals surface area contributed by atoms with Crippen molar-refractivity contribution in [3.63, 3.8) is 0 Å². The van der Waals surface area contributed by atoms with Crippen LogP contribution in [0.4, 0.5) is 0 Å². The number of carbonyl (C=O) groups is 5. The lowest BCUT2D eigenvalue weighted by Crippen LogP contribution is -2.60. The molecule has 13 nitrogen and oxygen atoms in total. The van der Waals surface area contributed by atoms with E-state index >= 15 is 0 Å². The molecule has 2 aromatic rings. The summed E-state index contributed by atoms with van der Waals surface area (Å²) in [5.41, 5.74) is 7.53. The predicted molar refractivity (Wildman–Crippen MR) is 169 cm³/mol. The van der Waals surface area contributed by atoms with Crippen LogP contribution in [0, 0.1) is 5.92 Å². The van der Waals surface area contributed by atoms with Crippen LogP contribution in [0.5, 0.6) is 0 Å². The van der Waals surface area contributed by atoms with Gasteiger partial charge in [-0.05, 0) is 42.9 Å². The molecule has 0 saturated carbocycles. The molecule has 0 bridgehead atoms. The average molecular weight is 639 g/mol. The Kier molecular flexibility index (Phi) is 14.3. The van der Waals surface area contributed by atoms with Gasteiger partial charge in [0.15, 0.2) is 6.04 Å². The SMILES string of the molecule is CSCC[C@H](N)C(=O)N[C@H](C(=O)N[C@@H](Cc1c[nH]c2ccccc12)C(=O)N[C@@H](CS)C(=O)N[C@H](C(=O)O)[C@@H](C)O)C(C)C. The number of rotatable bonds is 17. The number of thiol groups is 1. The lowest BCUT2D eigenvalue weighted by molar-refractivity contribution is -0.145. The van der Waals surface area contributed by atoms with Gasteiger partial charge in [0.05, 0.1) is 12.1 Å². The monoisotopic (exact) mass is 638 g/mol. The van der Waals surface area contributed by atoms with Crippen molar-refractivity contribution in [1.82, 2.24) is 26.3 Å². The van der Waals surface area contributed by atoms with E-state index in [1.54, 1.807) is 31.8 Å². The highest BCUT2D eigenvalue weighted by molar-refractivity contribution is 7.98. The molecule has 6 atom stereocenters. The molecule has 1 aromatic carbocycles. The van der Waals surface area contributed by atoms with Crippen molar-refractivity contribution in [2.24, 2.45) is 11.7 Å². The largest absolute Gasteiger partial charge is 0.480 e. The molecule has 1 heterocycles. The third-order valence-corrected chi connectivity index (χ3v) is 7.82. The summed E-state index contributed by atoms with van der Waals surface area (Å²) in [6.45, 7) is 4.70. The molecule has 15 heteroatoms. The van der Waals surface area contributed by atoms with E-state index in [1.807, 2.05) is 30.5 Å². The van der Waals surface area contributed by atoms with Crippen LogP contribution < -0.4 is 27.0 Å².